The Morgan fingerprint density at radius 3 is 2.57 bits per heavy atom. The predicted octanol–water partition coefficient (Wildman–Crippen LogP) is 3.24. The van der Waals surface area contributed by atoms with Crippen molar-refractivity contribution in [2.45, 2.75) is 0 Å². The fraction of sp³-hybridized carbons (Fsp3) is 0. The predicted molar refractivity (Wildman–Crippen MR) is 72.1 cm³/mol. The number of halogens is 1. The summed E-state index contributed by atoms with van der Waals surface area (Å²) in [6.07, 6.45) is 0. The van der Waals surface area contributed by atoms with Gasteiger partial charge >= 0.3 is 5.97 Å². The average molecular weight is 284 g/mol. The molecule has 0 unspecified atom stereocenters. The Kier molecular flexibility index (Phi) is 3.19. The summed E-state index contributed by atoms with van der Waals surface area (Å²) in [5.41, 5.74) is 1.26. The Balaban J connectivity index is 1.96. The van der Waals surface area contributed by atoms with E-state index in [1.54, 1.807) is 12.1 Å². The van der Waals surface area contributed by atoms with Gasteiger partial charge in [0, 0.05) is 11.1 Å². The van der Waals surface area contributed by atoms with Crippen molar-refractivity contribution in [3.8, 4) is 22.8 Å². The highest BCUT2D eigenvalue weighted by Crippen LogP contribution is 2.23. The van der Waals surface area contributed by atoms with E-state index < -0.39 is 5.97 Å². The zero-order valence-corrected chi connectivity index (χ0v) is 10.7. The van der Waals surface area contributed by atoms with E-state index in [1.165, 1.54) is 36.4 Å². The molecule has 0 amide bonds. The van der Waals surface area contributed by atoms with Crippen molar-refractivity contribution >= 4 is 5.97 Å². The molecule has 3 rings (SSSR count). The Morgan fingerprint density at radius 1 is 1.10 bits per heavy atom. The number of carboxylic acid groups (broad SMARTS) is 1. The molecule has 0 aliphatic heterocycles. The summed E-state index contributed by atoms with van der Waals surface area (Å²) in [6, 6.07) is 11.9. The number of carbonyl (C=O) groups is 1. The SMILES string of the molecule is O=C(O)c1cccc(-c2noc(-c3ccc(F)cc3)n2)c1. The first-order valence-electron chi connectivity index (χ1n) is 6.07. The quantitative estimate of drug-likeness (QED) is 0.799. The van der Waals surface area contributed by atoms with Crippen LogP contribution in [-0.2, 0) is 0 Å². The molecule has 1 aromatic heterocycles. The molecule has 0 aliphatic carbocycles. The summed E-state index contributed by atoms with van der Waals surface area (Å²) in [7, 11) is 0. The molecule has 0 saturated heterocycles. The van der Waals surface area contributed by atoms with Gasteiger partial charge in [-0.25, -0.2) is 9.18 Å². The standard InChI is InChI=1S/C15H9FN2O3/c16-12-6-4-9(5-7-12)14-17-13(18-21-14)10-2-1-3-11(8-10)15(19)20/h1-8H,(H,19,20). The molecule has 0 atom stereocenters. The minimum Gasteiger partial charge on any atom is -0.478 e. The molecule has 0 fully saturated rings. The molecule has 0 radical (unpaired) electrons. The summed E-state index contributed by atoms with van der Waals surface area (Å²) in [5, 5.41) is 12.8. The van der Waals surface area contributed by atoms with E-state index >= 15 is 0 Å². The number of benzene rings is 2. The second-order valence-electron chi connectivity index (χ2n) is 4.32. The minimum atomic E-state index is -1.03. The van der Waals surface area contributed by atoms with Crippen LogP contribution in [0.1, 0.15) is 10.4 Å². The minimum absolute atomic E-state index is 0.139. The van der Waals surface area contributed by atoms with Gasteiger partial charge in [0.25, 0.3) is 5.89 Å². The van der Waals surface area contributed by atoms with E-state index in [0.29, 0.717) is 11.1 Å². The lowest BCUT2D eigenvalue weighted by atomic mass is 10.1. The Labute approximate surface area is 118 Å². The van der Waals surface area contributed by atoms with Crippen LogP contribution in [0.5, 0.6) is 0 Å². The third-order valence-electron chi connectivity index (χ3n) is 2.88. The number of aromatic carboxylic acids is 1. The summed E-state index contributed by atoms with van der Waals surface area (Å²) < 4.78 is 18.0. The molecule has 0 spiro atoms. The van der Waals surface area contributed by atoms with E-state index in [-0.39, 0.29) is 23.1 Å². The van der Waals surface area contributed by atoms with Crippen LogP contribution in [0.3, 0.4) is 0 Å². The maximum absolute atomic E-state index is 12.9. The van der Waals surface area contributed by atoms with E-state index in [9.17, 15) is 9.18 Å². The lowest BCUT2D eigenvalue weighted by Crippen LogP contribution is -1.96. The molecule has 2 aromatic carbocycles. The Morgan fingerprint density at radius 2 is 1.86 bits per heavy atom. The normalized spacial score (nSPS) is 10.5. The average Bonchev–Trinajstić information content (AvgIpc) is 2.98. The van der Waals surface area contributed by atoms with Crippen LogP contribution < -0.4 is 0 Å². The van der Waals surface area contributed by atoms with Crippen LogP contribution in [0.2, 0.25) is 0 Å². The molecule has 21 heavy (non-hydrogen) atoms. The summed E-state index contributed by atoms with van der Waals surface area (Å²) in [5.74, 6) is -0.866. The second kappa shape index (κ2) is 5.16. The van der Waals surface area contributed by atoms with Crippen LogP contribution in [-0.4, -0.2) is 21.2 Å². The van der Waals surface area contributed by atoms with Gasteiger partial charge in [-0.05, 0) is 36.4 Å². The lowest BCUT2D eigenvalue weighted by molar-refractivity contribution is 0.0697. The maximum Gasteiger partial charge on any atom is 0.335 e. The molecule has 0 bridgehead atoms. The van der Waals surface area contributed by atoms with Crippen LogP contribution in [0.4, 0.5) is 4.39 Å². The van der Waals surface area contributed by atoms with Crippen molar-refractivity contribution in [2.24, 2.45) is 0 Å². The van der Waals surface area contributed by atoms with Gasteiger partial charge in [0.2, 0.25) is 5.82 Å². The first-order valence-corrected chi connectivity index (χ1v) is 6.07. The van der Waals surface area contributed by atoms with Crippen molar-refractivity contribution in [3.63, 3.8) is 0 Å². The van der Waals surface area contributed by atoms with Gasteiger partial charge in [0.1, 0.15) is 5.82 Å². The zero-order chi connectivity index (χ0) is 14.8. The number of hydrogen-bond donors (Lipinski definition) is 1. The van der Waals surface area contributed by atoms with E-state index in [4.69, 9.17) is 9.63 Å². The molecule has 0 aliphatic rings. The van der Waals surface area contributed by atoms with Crippen molar-refractivity contribution in [2.75, 3.05) is 0 Å². The fourth-order valence-corrected chi connectivity index (χ4v) is 1.84. The third kappa shape index (κ3) is 2.64. The maximum atomic E-state index is 12.9. The first-order chi connectivity index (χ1) is 10.1. The van der Waals surface area contributed by atoms with E-state index in [0.717, 1.165) is 0 Å². The first kappa shape index (κ1) is 13.0. The summed E-state index contributed by atoms with van der Waals surface area (Å²) in [6.45, 7) is 0. The monoisotopic (exact) mass is 284 g/mol. The lowest BCUT2D eigenvalue weighted by Gasteiger charge is -1.96. The van der Waals surface area contributed by atoms with E-state index in [1.807, 2.05) is 0 Å². The molecule has 6 heteroatoms. The highest BCUT2D eigenvalue weighted by atomic mass is 19.1. The molecular formula is C15H9FN2O3. The van der Waals surface area contributed by atoms with Gasteiger partial charge in [0.15, 0.2) is 0 Å². The van der Waals surface area contributed by atoms with Crippen LogP contribution in [0.15, 0.2) is 53.1 Å². The van der Waals surface area contributed by atoms with Crippen LogP contribution >= 0.6 is 0 Å². The fourth-order valence-electron chi connectivity index (χ4n) is 1.84. The topological polar surface area (TPSA) is 76.2 Å². The number of carboxylic acids is 1. The number of rotatable bonds is 3. The van der Waals surface area contributed by atoms with Gasteiger partial charge < -0.3 is 9.63 Å². The molecule has 1 N–H and O–H groups in total. The van der Waals surface area contributed by atoms with Gasteiger partial charge in [-0.2, -0.15) is 4.98 Å². The van der Waals surface area contributed by atoms with Crippen molar-refractivity contribution < 1.29 is 18.8 Å². The van der Waals surface area contributed by atoms with Crippen molar-refractivity contribution in [1.82, 2.24) is 10.1 Å². The van der Waals surface area contributed by atoms with Crippen LogP contribution in [0.25, 0.3) is 22.8 Å². The second-order valence-corrected chi connectivity index (χ2v) is 4.32. The molecule has 0 saturated carbocycles. The highest BCUT2D eigenvalue weighted by molar-refractivity contribution is 5.89. The number of hydrogen-bond acceptors (Lipinski definition) is 4. The molecule has 3 aromatic rings. The van der Waals surface area contributed by atoms with Crippen LogP contribution in [0, 0.1) is 5.82 Å². The Hall–Kier alpha value is -3.02. The third-order valence-corrected chi connectivity index (χ3v) is 2.88. The van der Waals surface area contributed by atoms with Gasteiger partial charge in [0.05, 0.1) is 5.56 Å². The molecular weight excluding hydrogens is 275 g/mol. The van der Waals surface area contributed by atoms with Gasteiger partial charge in [-0.1, -0.05) is 17.3 Å². The Bertz CT molecular complexity index is 797. The van der Waals surface area contributed by atoms with Gasteiger partial charge in [-0.15, -0.1) is 0 Å². The van der Waals surface area contributed by atoms with E-state index in [2.05, 4.69) is 10.1 Å². The zero-order valence-electron chi connectivity index (χ0n) is 10.7. The van der Waals surface area contributed by atoms with Gasteiger partial charge in [-0.3, -0.25) is 0 Å². The number of aromatic nitrogens is 2. The highest BCUT2D eigenvalue weighted by Gasteiger charge is 2.12. The molecule has 104 valence electrons. The number of nitrogens with zero attached hydrogens (tertiary/aromatic N) is 2. The van der Waals surface area contributed by atoms with Crippen molar-refractivity contribution in [1.29, 1.82) is 0 Å². The molecule has 5 nitrogen and oxygen atoms in total. The van der Waals surface area contributed by atoms with Crippen molar-refractivity contribution in [3.05, 3.63) is 59.9 Å². The summed E-state index contributed by atoms with van der Waals surface area (Å²) in [4.78, 5) is 15.1. The summed E-state index contributed by atoms with van der Waals surface area (Å²) >= 11 is 0. The molecule has 1 heterocycles. The largest absolute Gasteiger partial charge is 0.478 e. The smallest absolute Gasteiger partial charge is 0.335 e.